The van der Waals surface area contributed by atoms with E-state index in [2.05, 4.69) is 31.2 Å². The van der Waals surface area contributed by atoms with Crippen molar-refractivity contribution in [3.8, 4) is 16.9 Å². The molecule has 0 aromatic heterocycles. The summed E-state index contributed by atoms with van der Waals surface area (Å²) >= 11 is 0. The fourth-order valence-electron chi connectivity index (χ4n) is 2.82. The van der Waals surface area contributed by atoms with Crippen molar-refractivity contribution in [3.05, 3.63) is 71.8 Å². The Bertz CT molecular complexity index is 878. The molecule has 3 aromatic carbocycles. The summed E-state index contributed by atoms with van der Waals surface area (Å²) in [6.07, 6.45) is 6.18. The monoisotopic (exact) mass is 318 g/mol. The lowest BCUT2D eigenvalue weighted by atomic mass is 9.98. The van der Waals surface area contributed by atoms with E-state index in [0.717, 1.165) is 45.9 Å². The Morgan fingerprint density at radius 3 is 2.38 bits per heavy atom. The van der Waals surface area contributed by atoms with E-state index in [1.165, 1.54) is 0 Å². The number of fused-ring (bicyclic) bond motifs is 1. The van der Waals surface area contributed by atoms with Crippen molar-refractivity contribution in [2.24, 2.45) is 0 Å². The Morgan fingerprint density at radius 2 is 1.58 bits per heavy atom. The van der Waals surface area contributed by atoms with Gasteiger partial charge < -0.3 is 10.2 Å². The number of benzene rings is 3. The molecule has 0 saturated carbocycles. The van der Waals surface area contributed by atoms with Crippen LogP contribution in [0.3, 0.4) is 0 Å². The van der Waals surface area contributed by atoms with E-state index < -0.39 is 0 Å². The molecule has 0 spiro atoms. The van der Waals surface area contributed by atoms with E-state index in [-0.39, 0.29) is 6.61 Å². The van der Waals surface area contributed by atoms with Crippen LogP contribution < -0.4 is 0 Å². The third-order valence-electron chi connectivity index (χ3n) is 4.20. The smallest absolute Gasteiger partial charge is 0.122 e. The minimum absolute atomic E-state index is 0.0586. The molecule has 0 fully saturated rings. The third kappa shape index (κ3) is 3.50. The van der Waals surface area contributed by atoms with Gasteiger partial charge in [-0.2, -0.15) is 0 Å². The van der Waals surface area contributed by atoms with Gasteiger partial charge in [0.05, 0.1) is 6.61 Å². The van der Waals surface area contributed by atoms with Gasteiger partial charge in [0, 0.05) is 5.56 Å². The normalized spacial score (nSPS) is 11.4. The van der Waals surface area contributed by atoms with Crippen LogP contribution >= 0.6 is 0 Å². The number of allylic oxidation sites excluding steroid dienone is 1. The summed E-state index contributed by atoms with van der Waals surface area (Å²) in [7, 11) is 0. The van der Waals surface area contributed by atoms with Gasteiger partial charge in [0.25, 0.3) is 0 Å². The fraction of sp³-hybridized carbons (Fsp3) is 0.182. The number of phenols is 1. The average Bonchev–Trinajstić information content (AvgIpc) is 2.62. The van der Waals surface area contributed by atoms with E-state index >= 15 is 0 Å². The van der Waals surface area contributed by atoms with Crippen LogP contribution in [0.15, 0.2) is 60.7 Å². The van der Waals surface area contributed by atoms with Crippen LogP contribution in [0, 0.1) is 0 Å². The van der Waals surface area contributed by atoms with E-state index in [1.54, 1.807) is 6.07 Å². The molecular weight excluding hydrogens is 296 g/mol. The molecule has 2 nitrogen and oxygen atoms in total. The van der Waals surface area contributed by atoms with Crippen LogP contribution in [0.2, 0.25) is 0 Å². The van der Waals surface area contributed by atoms with Crippen molar-refractivity contribution in [3.63, 3.8) is 0 Å². The number of aromatic hydroxyl groups is 1. The minimum Gasteiger partial charge on any atom is -0.507 e. The van der Waals surface area contributed by atoms with Crippen molar-refractivity contribution in [2.75, 3.05) is 0 Å². The molecule has 0 atom stereocenters. The van der Waals surface area contributed by atoms with Crippen molar-refractivity contribution in [1.82, 2.24) is 0 Å². The Labute approximate surface area is 142 Å². The molecule has 0 heterocycles. The standard InChI is InChI=1S/C22H22O2/c1-2-3-4-5-21-14-20(10-11-22(21)24)19-9-8-17-12-16(15-23)6-7-18(17)13-19/h4-14,23-24H,2-3,15H2,1H3. The molecule has 3 rings (SSSR count). The first-order valence-corrected chi connectivity index (χ1v) is 8.34. The van der Waals surface area contributed by atoms with E-state index in [1.807, 2.05) is 36.4 Å². The molecule has 0 aliphatic rings. The molecule has 0 bridgehead atoms. The molecule has 0 radical (unpaired) electrons. The van der Waals surface area contributed by atoms with Crippen molar-refractivity contribution >= 4 is 16.8 Å². The first-order valence-electron chi connectivity index (χ1n) is 8.34. The maximum Gasteiger partial charge on any atom is 0.122 e. The molecule has 0 saturated heterocycles. The summed E-state index contributed by atoms with van der Waals surface area (Å²) in [6.45, 7) is 2.20. The second kappa shape index (κ2) is 7.33. The number of aliphatic hydroxyl groups excluding tert-OH is 1. The molecular formula is C22H22O2. The van der Waals surface area contributed by atoms with Gasteiger partial charge in [0.15, 0.2) is 0 Å². The lowest BCUT2D eigenvalue weighted by Crippen LogP contribution is -1.85. The highest BCUT2D eigenvalue weighted by Gasteiger charge is 2.04. The number of hydrogen-bond acceptors (Lipinski definition) is 2. The van der Waals surface area contributed by atoms with Gasteiger partial charge >= 0.3 is 0 Å². The van der Waals surface area contributed by atoms with Crippen LogP contribution in [0.1, 0.15) is 30.9 Å². The zero-order valence-electron chi connectivity index (χ0n) is 13.9. The van der Waals surface area contributed by atoms with Crippen LogP contribution in [0.4, 0.5) is 0 Å². The summed E-state index contributed by atoms with van der Waals surface area (Å²) in [6, 6.07) is 18.0. The number of hydrogen-bond donors (Lipinski definition) is 2. The largest absolute Gasteiger partial charge is 0.507 e. The topological polar surface area (TPSA) is 40.5 Å². The number of phenolic OH excluding ortho intramolecular Hbond substituents is 1. The summed E-state index contributed by atoms with van der Waals surface area (Å²) in [5.41, 5.74) is 3.96. The summed E-state index contributed by atoms with van der Waals surface area (Å²) in [4.78, 5) is 0. The van der Waals surface area contributed by atoms with Gasteiger partial charge in [0.1, 0.15) is 5.75 Å². The fourth-order valence-corrected chi connectivity index (χ4v) is 2.82. The van der Waals surface area contributed by atoms with Gasteiger partial charge in [-0.25, -0.2) is 0 Å². The molecule has 0 aliphatic carbocycles. The van der Waals surface area contributed by atoms with E-state index in [4.69, 9.17) is 0 Å². The van der Waals surface area contributed by atoms with Gasteiger partial charge in [-0.05, 0) is 58.1 Å². The molecule has 2 N–H and O–H groups in total. The Kier molecular flexibility index (Phi) is 4.97. The Balaban J connectivity index is 1.99. The highest BCUT2D eigenvalue weighted by Crippen LogP contribution is 2.29. The zero-order valence-corrected chi connectivity index (χ0v) is 13.9. The number of rotatable bonds is 5. The van der Waals surface area contributed by atoms with Crippen LogP contribution in [0.25, 0.3) is 28.0 Å². The molecule has 122 valence electrons. The van der Waals surface area contributed by atoms with Gasteiger partial charge in [0.2, 0.25) is 0 Å². The third-order valence-corrected chi connectivity index (χ3v) is 4.20. The average molecular weight is 318 g/mol. The molecule has 0 aliphatic heterocycles. The zero-order chi connectivity index (χ0) is 16.9. The Hall–Kier alpha value is -2.58. The summed E-state index contributed by atoms with van der Waals surface area (Å²) in [5.74, 6) is 0.305. The number of unbranched alkanes of at least 4 members (excludes halogenated alkanes) is 1. The molecule has 0 unspecified atom stereocenters. The van der Waals surface area contributed by atoms with Gasteiger partial charge in [-0.3, -0.25) is 0 Å². The maximum atomic E-state index is 10.0. The minimum atomic E-state index is 0.0586. The van der Waals surface area contributed by atoms with Crippen LogP contribution in [-0.2, 0) is 6.61 Å². The maximum absolute atomic E-state index is 10.0. The van der Waals surface area contributed by atoms with Crippen molar-refractivity contribution in [1.29, 1.82) is 0 Å². The molecule has 24 heavy (non-hydrogen) atoms. The second-order valence-electron chi connectivity index (χ2n) is 6.02. The molecule has 3 aromatic rings. The Morgan fingerprint density at radius 1 is 0.875 bits per heavy atom. The lowest BCUT2D eigenvalue weighted by molar-refractivity contribution is 0.282. The molecule has 2 heteroatoms. The van der Waals surface area contributed by atoms with E-state index in [0.29, 0.717) is 5.75 Å². The summed E-state index contributed by atoms with van der Waals surface area (Å²) in [5, 5.41) is 21.5. The van der Waals surface area contributed by atoms with Gasteiger partial charge in [-0.1, -0.05) is 55.8 Å². The van der Waals surface area contributed by atoms with Crippen LogP contribution in [0.5, 0.6) is 5.75 Å². The van der Waals surface area contributed by atoms with E-state index in [9.17, 15) is 10.2 Å². The predicted octanol–water partition coefficient (Wildman–Crippen LogP) is 5.52. The molecule has 0 amide bonds. The van der Waals surface area contributed by atoms with Crippen molar-refractivity contribution in [2.45, 2.75) is 26.4 Å². The van der Waals surface area contributed by atoms with Crippen LogP contribution in [-0.4, -0.2) is 10.2 Å². The number of aliphatic hydroxyl groups is 1. The highest BCUT2D eigenvalue weighted by molar-refractivity contribution is 5.88. The second-order valence-corrected chi connectivity index (χ2v) is 6.02. The SMILES string of the molecule is CCCC=Cc1cc(-c2ccc3cc(CO)ccc3c2)ccc1O. The quantitative estimate of drug-likeness (QED) is 0.650. The predicted molar refractivity (Wildman–Crippen MR) is 101 cm³/mol. The lowest BCUT2D eigenvalue weighted by Gasteiger charge is -2.08. The highest BCUT2D eigenvalue weighted by atomic mass is 16.3. The first kappa shape index (κ1) is 16.3. The van der Waals surface area contributed by atoms with Crippen molar-refractivity contribution < 1.29 is 10.2 Å². The first-order chi connectivity index (χ1) is 11.7. The van der Waals surface area contributed by atoms with Gasteiger partial charge in [-0.15, -0.1) is 0 Å². The summed E-state index contributed by atoms with van der Waals surface area (Å²) < 4.78 is 0.